The summed E-state index contributed by atoms with van der Waals surface area (Å²) in [6.07, 6.45) is 3.18. The lowest BCUT2D eigenvalue weighted by atomic mass is 10.0. The Bertz CT molecular complexity index is 525. The van der Waals surface area contributed by atoms with E-state index in [0.717, 1.165) is 35.0 Å². The van der Waals surface area contributed by atoms with Crippen molar-refractivity contribution in [2.24, 2.45) is 0 Å². The van der Waals surface area contributed by atoms with Gasteiger partial charge < -0.3 is 9.84 Å². The lowest BCUT2D eigenvalue weighted by Crippen LogP contribution is -2.11. The molecule has 0 aliphatic heterocycles. The molecule has 1 atom stereocenters. The van der Waals surface area contributed by atoms with E-state index in [-0.39, 0.29) is 6.10 Å². The van der Waals surface area contributed by atoms with Gasteiger partial charge in [-0.15, -0.1) is 11.3 Å². The van der Waals surface area contributed by atoms with Gasteiger partial charge in [-0.2, -0.15) is 0 Å². The Kier molecular flexibility index (Phi) is 6.07. The fourth-order valence-electron chi connectivity index (χ4n) is 2.23. The number of halogens is 1. The van der Waals surface area contributed by atoms with Gasteiger partial charge in [-0.25, -0.2) is 0 Å². The second-order valence-corrected chi connectivity index (χ2v) is 6.73. The van der Waals surface area contributed by atoms with Crippen LogP contribution in [0, 0.1) is 0 Å². The van der Waals surface area contributed by atoms with Crippen LogP contribution in [0.25, 0.3) is 0 Å². The van der Waals surface area contributed by atoms with Crippen molar-refractivity contribution in [1.29, 1.82) is 0 Å². The molecule has 0 aliphatic carbocycles. The third kappa shape index (κ3) is 4.62. The molecular weight excluding hydrogens is 336 g/mol. The van der Waals surface area contributed by atoms with Crippen LogP contribution in [0.5, 0.6) is 5.75 Å². The monoisotopic (exact) mass is 354 g/mol. The highest BCUT2D eigenvalue weighted by Crippen LogP contribution is 2.25. The highest BCUT2D eigenvalue weighted by molar-refractivity contribution is 9.10. The van der Waals surface area contributed by atoms with Crippen molar-refractivity contribution in [3.8, 4) is 5.75 Å². The zero-order valence-corrected chi connectivity index (χ0v) is 13.9. The predicted octanol–water partition coefficient (Wildman–Crippen LogP) is 4.45. The number of hydrogen-bond donors (Lipinski definition) is 1. The first-order valence-corrected chi connectivity index (χ1v) is 8.39. The van der Waals surface area contributed by atoms with Crippen molar-refractivity contribution in [2.45, 2.75) is 31.8 Å². The molecule has 0 saturated heterocycles. The van der Waals surface area contributed by atoms with Crippen LogP contribution < -0.4 is 4.74 Å². The number of ether oxygens (including phenoxy) is 1. The molecule has 20 heavy (non-hydrogen) atoms. The normalized spacial score (nSPS) is 12.3. The Hall–Kier alpha value is -0.840. The molecule has 1 unspecified atom stereocenters. The average molecular weight is 355 g/mol. The van der Waals surface area contributed by atoms with Crippen molar-refractivity contribution in [3.63, 3.8) is 0 Å². The Labute approximate surface area is 132 Å². The van der Waals surface area contributed by atoms with Crippen LogP contribution >= 0.6 is 27.3 Å². The van der Waals surface area contributed by atoms with Crippen molar-refractivity contribution in [2.75, 3.05) is 7.11 Å². The molecule has 4 heteroatoms. The number of aliphatic hydroxyl groups excluding tert-OH is 1. The van der Waals surface area contributed by atoms with E-state index in [1.54, 1.807) is 18.4 Å². The number of aliphatic hydroxyl groups is 1. The lowest BCUT2D eigenvalue weighted by Gasteiger charge is -2.13. The van der Waals surface area contributed by atoms with Gasteiger partial charge >= 0.3 is 0 Å². The van der Waals surface area contributed by atoms with E-state index in [0.29, 0.717) is 6.42 Å². The van der Waals surface area contributed by atoms with Crippen LogP contribution in [0.15, 0.2) is 40.2 Å². The van der Waals surface area contributed by atoms with Crippen LogP contribution in [0.4, 0.5) is 0 Å². The lowest BCUT2D eigenvalue weighted by molar-refractivity contribution is 0.161. The molecule has 1 aromatic heterocycles. The second kappa shape index (κ2) is 7.81. The highest BCUT2D eigenvalue weighted by atomic mass is 79.9. The van der Waals surface area contributed by atoms with Crippen LogP contribution in [0.2, 0.25) is 0 Å². The first kappa shape index (κ1) is 15.5. The molecule has 0 aliphatic rings. The fourth-order valence-corrected chi connectivity index (χ4v) is 3.39. The molecular formula is C16H19BrO2S. The molecule has 1 N–H and O–H groups in total. The zero-order chi connectivity index (χ0) is 14.4. The van der Waals surface area contributed by atoms with Gasteiger partial charge in [0.05, 0.1) is 13.2 Å². The van der Waals surface area contributed by atoms with Crippen LogP contribution in [0.3, 0.4) is 0 Å². The maximum Gasteiger partial charge on any atom is 0.122 e. The van der Waals surface area contributed by atoms with Gasteiger partial charge in [0, 0.05) is 15.8 Å². The summed E-state index contributed by atoms with van der Waals surface area (Å²) in [5, 5.41) is 12.3. The van der Waals surface area contributed by atoms with E-state index in [4.69, 9.17) is 4.74 Å². The molecule has 2 nitrogen and oxygen atoms in total. The minimum absolute atomic E-state index is 0.321. The second-order valence-electron chi connectivity index (χ2n) is 4.79. The molecule has 2 aromatic rings. The number of aryl methyl sites for hydroxylation is 1. The molecule has 2 rings (SSSR count). The van der Waals surface area contributed by atoms with Gasteiger partial charge in [-0.3, -0.25) is 0 Å². The predicted molar refractivity (Wildman–Crippen MR) is 87.7 cm³/mol. The van der Waals surface area contributed by atoms with Crippen LogP contribution in [0.1, 0.15) is 23.3 Å². The van der Waals surface area contributed by atoms with E-state index in [9.17, 15) is 5.11 Å². The summed E-state index contributed by atoms with van der Waals surface area (Å²) >= 11 is 5.24. The summed E-state index contributed by atoms with van der Waals surface area (Å²) < 4.78 is 6.35. The first-order valence-electron chi connectivity index (χ1n) is 6.72. The fraction of sp³-hybridized carbons (Fsp3) is 0.375. The van der Waals surface area contributed by atoms with Gasteiger partial charge in [0.25, 0.3) is 0 Å². The molecule has 0 bridgehead atoms. The SMILES string of the molecule is COc1ccc(Br)cc1CC(O)CCCc1cccs1. The van der Waals surface area contributed by atoms with Crippen molar-refractivity contribution in [3.05, 3.63) is 50.6 Å². The first-order chi connectivity index (χ1) is 9.69. The zero-order valence-electron chi connectivity index (χ0n) is 11.5. The maximum atomic E-state index is 10.2. The molecule has 0 saturated carbocycles. The largest absolute Gasteiger partial charge is 0.496 e. The third-order valence-corrected chi connectivity index (χ3v) is 4.67. The molecule has 1 heterocycles. The molecule has 1 aromatic carbocycles. The topological polar surface area (TPSA) is 29.5 Å². The van der Waals surface area contributed by atoms with Crippen LogP contribution in [-0.4, -0.2) is 18.3 Å². The molecule has 0 amide bonds. The Morgan fingerprint density at radius 1 is 1.35 bits per heavy atom. The van der Waals surface area contributed by atoms with Gasteiger partial charge in [-0.05, 0) is 54.5 Å². The van der Waals surface area contributed by atoms with Crippen molar-refractivity contribution < 1.29 is 9.84 Å². The number of thiophene rings is 1. The summed E-state index contributed by atoms with van der Waals surface area (Å²) in [6.45, 7) is 0. The van der Waals surface area contributed by atoms with Gasteiger partial charge in [-0.1, -0.05) is 22.0 Å². The molecule has 0 radical (unpaired) electrons. The Balaban J connectivity index is 1.84. The van der Waals surface area contributed by atoms with Crippen molar-refractivity contribution in [1.82, 2.24) is 0 Å². The van der Waals surface area contributed by atoms with Crippen LogP contribution in [-0.2, 0) is 12.8 Å². The summed E-state index contributed by atoms with van der Waals surface area (Å²) in [5.41, 5.74) is 1.05. The minimum atomic E-state index is -0.321. The standard InChI is InChI=1S/C16H19BrO2S/c1-19-16-8-7-13(17)10-12(16)11-14(18)4-2-5-15-6-3-9-20-15/h3,6-10,14,18H,2,4-5,11H2,1H3. The molecule has 108 valence electrons. The highest BCUT2D eigenvalue weighted by Gasteiger charge is 2.10. The quantitative estimate of drug-likeness (QED) is 0.795. The maximum absolute atomic E-state index is 10.2. The van der Waals surface area contributed by atoms with E-state index in [1.807, 2.05) is 18.2 Å². The van der Waals surface area contributed by atoms with Gasteiger partial charge in [0.1, 0.15) is 5.75 Å². The number of methoxy groups -OCH3 is 1. The smallest absolute Gasteiger partial charge is 0.122 e. The van der Waals surface area contributed by atoms with Gasteiger partial charge in [0.2, 0.25) is 0 Å². The van der Waals surface area contributed by atoms with E-state index in [2.05, 4.69) is 33.4 Å². The number of rotatable bonds is 7. The average Bonchev–Trinajstić information content (AvgIpc) is 2.92. The number of hydrogen-bond acceptors (Lipinski definition) is 3. The van der Waals surface area contributed by atoms with Gasteiger partial charge in [0.15, 0.2) is 0 Å². The summed E-state index contributed by atoms with van der Waals surface area (Å²) in [7, 11) is 1.66. The molecule has 0 fully saturated rings. The van der Waals surface area contributed by atoms with Crippen molar-refractivity contribution >= 4 is 27.3 Å². The van der Waals surface area contributed by atoms with E-state index >= 15 is 0 Å². The number of benzene rings is 1. The Morgan fingerprint density at radius 2 is 2.20 bits per heavy atom. The third-order valence-electron chi connectivity index (χ3n) is 3.24. The van der Waals surface area contributed by atoms with E-state index in [1.165, 1.54) is 4.88 Å². The summed E-state index contributed by atoms with van der Waals surface area (Å²) in [4.78, 5) is 1.39. The summed E-state index contributed by atoms with van der Waals surface area (Å²) in [6, 6.07) is 10.1. The summed E-state index contributed by atoms with van der Waals surface area (Å²) in [5.74, 6) is 0.838. The minimum Gasteiger partial charge on any atom is -0.496 e. The molecule has 0 spiro atoms. The Morgan fingerprint density at radius 3 is 2.90 bits per heavy atom. The van der Waals surface area contributed by atoms with E-state index < -0.39 is 0 Å².